The molecule has 4 fully saturated rings. The second kappa shape index (κ2) is 19.9. The predicted molar refractivity (Wildman–Crippen MR) is 270 cm³/mol. The monoisotopic (exact) mass is 911 g/mol. The quantitative estimate of drug-likeness (QED) is 0.118. The fourth-order valence-electron chi connectivity index (χ4n) is 12.2. The van der Waals surface area contributed by atoms with Gasteiger partial charge in [-0.05, 0) is 114 Å². The van der Waals surface area contributed by atoms with Gasteiger partial charge in [0.2, 0.25) is 11.8 Å². The van der Waals surface area contributed by atoms with E-state index in [0.29, 0.717) is 24.1 Å². The van der Waals surface area contributed by atoms with Crippen LogP contribution in [0.1, 0.15) is 83.5 Å². The van der Waals surface area contributed by atoms with E-state index in [1.807, 2.05) is 11.7 Å². The predicted octanol–water partition coefficient (Wildman–Crippen LogP) is 8.05. The number of aryl methyl sites for hydroxylation is 2. The summed E-state index contributed by atoms with van der Waals surface area (Å²) in [7, 11) is 1.93. The maximum absolute atomic E-state index is 12.6. The van der Waals surface area contributed by atoms with Crippen molar-refractivity contribution in [2.24, 2.45) is 18.9 Å². The van der Waals surface area contributed by atoms with Crippen molar-refractivity contribution in [1.82, 2.24) is 30.2 Å². The minimum absolute atomic E-state index is 0.106. The Morgan fingerprint density at radius 3 is 1.99 bits per heavy atom. The Bertz CT molecular complexity index is 2690. The van der Waals surface area contributed by atoms with E-state index in [0.717, 1.165) is 93.7 Å². The van der Waals surface area contributed by atoms with Gasteiger partial charge >= 0.3 is 0 Å². The molecular weight excluding hydrogens is 845 g/mol. The molecule has 11 nitrogen and oxygen atoms in total. The molecule has 3 saturated heterocycles. The van der Waals surface area contributed by atoms with Gasteiger partial charge in [0, 0.05) is 95.2 Å². The fourth-order valence-corrected chi connectivity index (χ4v) is 12.2. The number of rotatable bonds is 12. The summed E-state index contributed by atoms with van der Waals surface area (Å²) >= 11 is 0. The number of fused-ring (bicyclic) bond motifs is 2. The van der Waals surface area contributed by atoms with Crippen molar-refractivity contribution in [1.29, 1.82) is 0 Å². The molecule has 11 rings (SSSR count). The van der Waals surface area contributed by atoms with Crippen molar-refractivity contribution in [3.05, 3.63) is 155 Å². The molecule has 5 aromatic carbocycles. The van der Waals surface area contributed by atoms with Gasteiger partial charge in [-0.25, -0.2) is 0 Å². The van der Waals surface area contributed by atoms with Gasteiger partial charge in [0.05, 0.1) is 17.8 Å². The van der Waals surface area contributed by atoms with Gasteiger partial charge in [-0.15, -0.1) is 0 Å². The third kappa shape index (κ3) is 9.53. The number of ether oxygens (including phenoxy) is 1. The Labute approximate surface area is 401 Å². The molecule has 11 heteroatoms. The SMILES string of the molecule is Cn1nc(C2NCC(=O)NC2=O)c2ccc(N3CCN(C[C@H]4CCCC[C@@H]4CN4CCN(c5ccc([C@@H]6c7ccc(OCc8ccccc8)cc7CC[C@@H]6c6ccccc6)cc5)CC4)CC3)cc21. The number of nitrogens with one attached hydrogen (secondary N) is 2. The topological polar surface area (TPSA) is 98.2 Å². The van der Waals surface area contributed by atoms with E-state index in [4.69, 9.17) is 9.84 Å². The third-order valence-electron chi connectivity index (χ3n) is 16.0. The lowest BCUT2D eigenvalue weighted by Gasteiger charge is -2.43. The molecule has 3 aliphatic heterocycles. The van der Waals surface area contributed by atoms with Crippen LogP contribution in [0.4, 0.5) is 11.4 Å². The molecule has 352 valence electrons. The van der Waals surface area contributed by atoms with E-state index in [-0.39, 0.29) is 18.4 Å². The first-order valence-corrected chi connectivity index (χ1v) is 25.3. The number of carbonyl (C=O) groups is 2. The Morgan fingerprint density at radius 2 is 1.31 bits per heavy atom. The molecule has 6 aromatic rings. The number of nitrogens with zero attached hydrogens (tertiary/aromatic N) is 6. The van der Waals surface area contributed by atoms with Crippen molar-refractivity contribution in [3.63, 3.8) is 0 Å². The summed E-state index contributed by atoms with van der Waals surface area (Å²) in [4.78, 5) is 34.9. The summed E-state index contributed by atoms with van der Waals surface area (Å²) in [6, 6.07) is 43.9. The lowest BCUT2D eigenvalue weighted by atomic mass is 9.69. The molecule has 1 saturated carbocycles. The van der Waals surface area contributed by atoms with Gasteiger partial charge in [-0.1, -0.05) is 91.7 Å². The molecule has 1 unspecified atom stereocenters. The number of piperazine rings is 3. The number of hydrogen-bond donors (Lipinski definition) is 2. The highest BCUT2D eigenvalue weighted by Gasteiger charge is 2.35. The van der Waals surface area contributed by atoms with Crippen LogP contribution in [0.5, 0.6) is 5.75 Å². The molecule has 0 spiro atoms. The Kier molecular flexibility index (Phi) is 13.0. The smallest absolute Gasteiger partial charge is 0.250 e. The summed E-state index contributed by atoms with van der Waals surface area (Å²) in [5.74, 6) is 2.54. The zero-order valence-electron chi connectivity index (χ0n) is 39.6. The second-order valence-electron chi connectivity index (χ2n) is 20.1. The number of anilines is 2. The summed E-state index contributed by atoms with van der Waals surface area (Å²) in [6.45, 7) is 11.6. The standard InChI is InChI=1S/C57H66N8O3/c1-61-52-35-47(21-24-51(52)55(60-61)56-57(67)59-53(66)36-58-56)65-32-28-63(29-33-65)38-45-15-9-8-14-44(45)37-62-26-30-64(31-27-62)46-19-16-42(17-20-46)54-49(41-12-6-3-7-13-41)23-18-43-34-48(22-25-50(43)54)68-39-40-10-4-2-5-11-40/h2-7,10-13,16-17,19-22,24-25,34-35,44-45,49,54,56,58H,8-9,14-15,18,23,26-33,36-39H2,1H3,(H,59,66,67)/t44-,45-,49-,54+,56?/m1/s1. The number of carbonyl (C=O) groups excluding carboxylic acids is 2. The minimum atomic E-state index is -0.634. The molecule has 0 bridgehead atoms. The van der Waals surface area contributed by atoms with Crippen molar-refractivity contribution >= 4 is 34.1 Å². The summed E-state index contributed by atoms with van der Waals surface area (Å²) in [6.07, 6.45) is 7.59. The number of aromatic nitrogens is 2. The molecule has 2 amide bonds. The fraction of sp³-hybridized carbons (Fsp3) is 0.421. The van der Waals surface area contributed by atoms with Gasteiger partial charge < -0.3 is 14.5 Å². The van der Waals surface area contributed by atoms with Crippen molar-refractivity contribution in [2.45, 2.75) is 63.0 Å². The zero-order chi connectivity index (χ0) is 46.0. The van der Waals surface area contributed by atoms with Crippen LogP contribution in [0.15, 0.2) is 121 Å². The first-order chi connectivity index (χ1) is 33.4. The highest BCUT2D eigenvalue weighted by atomic mass is 16.5. The summed E-state index contributed by atoms with van der Waals surface area (Å²) in [5, 5.41) is 11.1. The van der Waals surface area contributed by atoms with Gasteiger partial charge in [0.25, 0.3) is 0 Å². The van der Waals surface area contributed by atoms with Crippen LogP contribution >= 0.6 is 0 Å². The first-order valence-electron chi connectivity index (χ1n) is 25.3. The average molecular weight is 911 g/mol. The Balaban J connectivity index is 0.688. The third-order valence-corrected chi connectivity index (χ3v) is 16.0. The molecular formula is C57H66N8O3. The van der Waals surface area contributed by atoms with Crippen molar-refractivity contribution in [2.75, 3.05) is 81.8 Å². The van der Waals surface area contributed by atoms with Crippen LogP contribution in [-0.2, 0) is 29.7 Å². The number of imide groups is 1. The van der Waals surface area contributed by atoms with Crippen molar-refractivity contribution < 1.29 is 14.3 Å². The van der Waals surface area contributed by atoms with Crippen LogP contribution < -0.4 is 25.2 Å². The molecule has 0 radical (unpaired) electrons. The molecule has 1 aromatic heterocycles. The van der Waals surface area contributed by atoms with E-state index in [2.05, 4.69) is 152 Å². The van der Waals surface area contributed by atoms with Crippen LogP contribution in [-0.4, -0.2) is 103 Å². The molecule has 4 heterocycles. The summed E-state index contributed by atoms with van der Waals surface area (Å²) < 4.78 is 8.15. The van der Waals surface area contributed by atoms with Crippen molar-refractivity contribution in [3.8, 4) is 5.75 Å². The van der Waals surface area contributed by atoms with Crippen LogP contribution in [0.2, 0.25) is 0 Å². The Hall–Kier alpha value is -6.01. The maximum Gasteiger partial charge on any atom is 0.250 e. The van der Waals surface area contributed by atoms with E-state index >= 15 is 0 Å². The van der Waals surface area contributed by atoms with Crippen LogP contribution in [0.3, 0.4) is 0 Å². The van der Waals surface area contributed by atoms with Gasteiger partial charge in [0.1, 0.15) is 18.4 Å². The number of amides is 2. The molecule has 2 N–H and O–H groups in total. The maximum atomic E-state index is 12.6. The van der Waals surface area contributed by atoms with E-state index in [1.165, 1.54) is 78.0 Å². The average Bonchev–Trinajstić information content (AvgIpc) is 3.71. The van der Waals surface area contributed by atoms with Crippen LogP contribution in [0, 0.1) is 11.8 Å². The number of benzene rings is 5. The largest absolute Gasteiger partial charge is 0.489 e. The number of hydrogen-bond acceptors (Lipinski definition) is 9. The van der Waals surface area contributed by atoms with E-state index in [1.54, 1.807) is 0 Å². The highest BCUT2D eigenvalue weighted by molar-refractivity contribution is 6.03. The molecule has 5 atom stereocenters. The van der Waals surface area contributed by atoms with E-state index < -0.39 is 6.04 Å². The second-order valence-corrected chi connectivity index (χ2v) is 20.1. The molecule has 2 aliphatic carbocycles. The normalized spacial score (nSPS) is 23.9. The first kappa shape index (κ1) is 44.5. The van der Waals surface area contributed by atoms with Gasteiger partial charge in [0.15, 0.2) is 0 Å². The van der Waals surface area contributed by atoms with Gasteiger partial charge in [-0.3, -0.25) is 34.7 Å². The highest BCUT2D eigenvalue weighted by Crippen LogP contribution is 2.47. The lowest BCUT2D eigenvalue weighted by Crippen LogP contribution is -2.51. The minimum Gasteiger partial charge on any atom is -0.489 e. The molecule has 68 heavy (non-hydrogen) atoms. The zero-order valence-corrected chi connectivity index (χ0v) is 39.6. The van der Waals surface area contributed by atoms with E-state index in [9.17, 15) is 9.59 Å². The van der Waals surface area contributed by atoms with Crippen LogP contribution in [0.25, 0.3) is 10.9 Å². The molecule has 5 aliphatic rings. The Morgan fingerprint density at radius 1 is 0.662 bits per heavy atom. The lowest BCUT2D eigenvalue weighted by molar-refractivity contribution is -0.134. The summed E-state index contributed by atoms with van der Waals surface area (Å²) in [5.41, 5.74) is 11.1. The van der Waals surface area contributed by atoms with Gasteiger partial charge in [-0.2, -0.15) is 5.10 Å².